The molecule has 1 amide bonds. The molecule has 102 valence electrons. The lowest BCUT2D eigenvalue weighted by Gasteiger charge is -2.05. The highest BCUT2D eigenvalue weighted by molar-refractivity contribution is 5.91. The van der Waals surface area contributed by atoms with E-state index in [1.807, 2.05) is 24.3 Å². The SMILES string of the molecule is Cc1cc(C(=O)NCc2ccccc2C#CCO)on1. The lowest BCUT2D eigenvalue weighted by molar-refractivity contribution is 0.0914. The van der Waals surface area contributed by atoms with Crippen molar-refractivity contribution < 1.29 is 14.4 Å². The number of nitrogens with zero attached hydrogens (tertiary/aromatic N) is 1. The third-order valence-corrected chi connectivity index (χ3v) is 2.61. The van der Waals surface area contributed by atoms with E-state index in [1.54, 1.807) is 13.0 Å². The van der Waals surface area contributed by atoms with Gasteiger partial charge in [0, 0.05) is 18.2 Å². The van der Waals surface area contributed by atoms with Crippen molar-refractivity contribution in [2.45, 2.75) is 13.5 Å². The van der Waals surface area contributed by atoms with Crippen molar-refractivity contribution in [1.29, 1.82) is 0 Å². The summed E-state index contributed by atoms with van der Waals surface area (Å²) >= 11 is 0. The number of carbonyl (C=O) groups is 1. The van der Waals surface area contributed by atoms with Crippen LogP contribution in [0.25, 0.3) is 0 Å². The molecule has 2 aromatic rings. The fourth-order valence-electron chi connectivity index (χ4n) is 1.66. The van der Waals surface area contributed by atoms with E-state index in [0.29, 0.717) is 12.2 Å². The molecule has 0 unspecified atom stereocenters. The van der Waals surface area contributed by atoms with Gasteiger partial charge in [0.2, 0.25) is 5.76 Å². The molecule has 0 saturated heterocycles. The Morgan fingerprint density at radius 2 is 2.25 bits per heavy atom. The summed E-state index contributed by atoms with van der Waals surface area (Å²) in [6.07, 6.45) is 0. The Kier molecular flexibility index (Phi) is 4.53. The molecule has 5 heteroatoms. The standard InChI is InChI=1S/C15H14N2O3/c1-11-9-14(20-17-11)15(19)16-10-13-6-3-2-5-12(13)7-4-8-18/h2-3,5-6,9,18H,8,10H2,1H3,(H,16,19). The largest absolute Gasteiger partial charge is 0.384 e. The Labute approximate surface area is 116 Å². The van der Waals surface area contributed by atoms with Crippen molar-refractivity contribution in [3.05, 3.63) is 52.9 Å². The zero-order valence-electron chi connectivity index (χ0n) is 11.0. The zero-order chi connectivity index (χ0) is 14.4. The summed E-state index contributed by atoms with van der Waals surface area (Å²) in [6.45, 7) is 1.88. The Morgan fingerprint density at radius 1 is 1.45 bits per heavy atom. The van der Waals surface area contributed by atoms with Crippen LogP contribution in [0.1, 0.15) is 27.4 Å². The van der Waals surface area contributed by atoms with Crippen LogP contribution in [0.4, 0.5) is 0 Å². The van der Waals surface area contributed by atoms with Crippen LogP contribution in [0.3, 0.4) is 0 Å². The topological polar surface area (TPSA) is 75.4 Å². The van der Waals surface area contributed by atoms with Gasteiger partial charge in [-0.3, -0.25) is 4.79 Å². The van der Waals surface area contributed by atoms with Crippen LogP contribution in [0, 0.1) is 18.8 Å². The number of benzene rings is 1. The highest BCUT2D eigenvalue weighted by atomic mass is 16.5. The van der Waals surface area contributed by atoms with Crippen LogP contribution in [-0.4, -0.2) is 22.8 Å². The van der Waals surface area contributed by atoms with E-state index in [9.17, 15) is 4.79 Å². The molecule has 0 spiro atoms. The maximum absolute atomic E-state index is 11.8. The van der Waals surface area contributed by atoms with Gasteiger partial charge in [-0.05, 0) is 18.6 Å². The first kappa shape index (κ1) is 13.8. The van der Waals surface area contributed by atoms with Crippen LogP contribution >= 0.6 is 0 Å². The van der Waals surface area contributed by atoms with Gasteiger partial charge >= 0.3 is 0 Å². The number of hydrogen-bond acceptors (Lipinski definition) is 4. The number of nitrogens with one attached hydrogen (secondary N) is 1. The maximum atomic E-state index is 11.8. The molecule has 0 aliphatic heterocycles. The van der Waals surface area contributed by atoms with E-state index in [0.717, 1.165) is 11.1 Å². The lowest BCUT2D eigenvalue weighted by Crippen LogP contribution is -2.22. The van der Waals surface area contributed by atoms with E-state index in [1.165, 1.54) is 0 Å². The molecule has 0 saturated carbocycles. The van der Waals surface area contributed by atoms with E-state index in [4.69, 9.17) is 9.63 Å². The van der Waals surface area contributed by atoms with Crippen LogP contribution in [-0.2, 0) is 6.54 Å². The number of carbonyl (C=O) groups excluding carboxylic acids is 1. The molecule has 2 rings (SSSR count). The van der Waals surface area contributed by atoms with Gasteiger partial charge < -0.3 is 14.9 Å². The molecule has 0 atom stereocenters. The van der Waals surface area contributed by atoms with Gasteiger partial charge in [-0.15, -0.1) is 0 Å². The summed E-state index contributed by atoms with van der Waals surface area (Å²) < 4.78 is 4.89. The zero-order valence-corrected chi connectivity index (χ0v) is 11.0. The summed E-state index contributed by atoms with van der Waals surface area (Å²) in [5.74, 6) is 5.29. The average molecular weight is 270 g/mol. The van der Waals surface area contributed by atoms with Gasteiger partial charge in [0.1, 0.15) is 6.61 Å². The second-order valence-corrected chi connectivity index (χ2v) is 4.13. The van der Waals surface area contributed by atoms with Gasteiger partial charge in [0.15, 0.2) is 0 Å². The van der Waals surface area contributed by atoms with Crippen molar-refractivity contribution in [3.63, 3.8) is 0 Å². The predicted molar refractivity (Wildman–Crippen MR) is 72.8 cm³/mol. The number of aromatic nitrogens is 1. The summed E-state index contributed by atoms with van der Waals surface area (Å²) in [4.78, 5) is 11.8. The highest BCUT2D eigenvalue weighted by Gasteiger charge is 2.11. The quantitative estimate of drug-likeness (QED) is 0.823. The van der Waals surface area contributed by atoms with E-state index >= 15 is 0 Å². The minimum atomic E-state index is -0.324. The van der Waals surface area contributed by atoms with E-state index in [2.05, 4.69) is 22.3 Å². The number of amides is 1. The van der Waals surface area contributed by atoms with Crippen molar-refractivity contribution in [3.8, 4) is 11.8 Å². The number of aryl methyl sites for hydroxylation is 1. The molecule has 0 fully saturated rings. The molecule has 20 heavy (non-hydrogen) atoms. The fourth-order valence-corrected chi connectivity index (χ4v) is 1.66. The maximum Gasteiger partial charge on any atom is 0.290 e. The normalized spacial score (nSPS) is 9.70. The Hall–Kier alpha value is -2.58. The molecule has 0 radical (unpaired) electrons. The number of aliphatic hydroxyl groups is 1. The third kappa shape index (κ3) is 3.46. The fraction of sp³-hybridized carbons (Fsp3) is 0.200. The van der Waals surface area contributed by atoms with Crippen LogP contribution in [0.5, 0.6) is 0 Å². The second-order valence-electron chi connectivity index (χ2n) is 4.13. The Balaban J connectivity index is 2.06. The van der Waals surface area contributed by atoms with E-state index < -0.39 is 0 Å². The van der Waals surface area contributed by atoms with Crippen molar-refractivity contribution in [1.82, 2.24) is 10.5 Å². The summed E-state index contributed by atoms with van der Waals surface area (Å²) in [6, 6.07) is 9.00. The molecular weight excluding hydrogens is 256 g/mol. The monoisotopic (exact) mass is 270 g/mol. The minimum Gasteiger partial charge on any atom is -0.384 e. The van der Waals surface area contributed by atoms with Gasteiger partial charge in [0.05, 0.1) is 5.69 Å². The average Bonchev–Trinajstić information content (AvgIpc) is 2.90. The molecule has 0 bridgehead atoms. The third-order valence-electron chi connectivity index (χ3n) is 2.61. The van der Waals surface area contributed by atoms with Crippen molar-refractivity contribution >= 4 is 5.91 Å². The van der Waals surface area contributed by atoms with Gasteiger partial charge in [-0.2, -0.15) is 0 Å². The molecule has 0 aliphatic carbocycles. The molecular formula is C15H14N2O3. The summed E-state index contributed by atoms with van der Waals surface area (Å²) in [5, 5.41) is 15.1. The van der Waals surface area contributed by atoms with Crippen LogP contribution < -0.4 is 5.32 Å². The van der Waals surface area contributed by atoms with Gasteiger partial charge in [0.25, 0.3) is 5.91 Å². The first-order valence-electron chi connectivity index (χ1n) is 6.10. The molecule has 0 aliphatic rings. The predicted octanol–water partition coefficient (Wildman–Crippen LogP) is 1.26. The molecule has 5 nitrogen and oxygen atoms in total. The first-order valence-corrected chi connectivity index (χ1v) is 6.10. The first-order chi connectivity index (χ1) is 9.70. The number of rotatable bonds is 3. The molecule has 1 aromatic heterocycles. The van der Waals surface area contributed by atoms with Crippen molar-refractivity contribution in [2.75, 3.05) is 6.61 Å². The number of hydrogen-bond donors (Lipinski definition) is 2. The van der Waals surface area contributed by atoms with E-state index in [-0.39, 0.29) is 18.3 Å². The second kappa shape index (κ2) is 6.55. The Morgan fingerprint density at radius 3 is 2.95 bits per heavy atom. The summed E-state index contributed by atoms with van der Waals surface area (Å²) in [7, 11) is 0. The smallest absolute Gasteiger partial charge is 0.290 e. The molecule has 1 heterocycles. The molecule has 2 N–H and O–H groups in total. The minimum absolute atomic E-state index is 0.182. The summed E-state index contributed by atoms with van der Waals surface area (Å²) in [5.41, 5.74) is 2.30. The molecule has 1 aromatic carbocycles. The van der Waals surface area contributed by atoms with Crippen LogP contribution in [0.15, 0.2) is 34.9 Å². The lowest BCUT2D eigenvalue weighted by atomic mass is 10.1. The van der Waals surface area contributed by atoms with Crippen molar-refractivity contribution in [2.24, 2.45) is 0 Å². The van der Waals surface area contributed by atoms with Gasteiger partial charge in [-0.1, -0.05) is 35.2 Å². The highest BCUT2D eigenvalue weighted by Crippen LogP contribution is 2.08. The van der Waals surface area contributed by atoms with Crippen LogP contribution in [0.2, 0.25) is 0 Å². The Bertz CT molecular complexity index is 665. The van der Waals surface area contributed by atoms with Gasteiger partial charge in [-0.25, -0.2) is 0 Å². The number of aliphatic hydroxyl groups excluding tert-OH is 1.